The summed E-state index contributed by atoms with van der Waals surface area (Å²) in [6.45, 7) is 11.9. The van der Waals surface area contributed by atoms with Crippen LogP contribution in [-0.4, -0.2) is 28.4 Å². The maximum absolute atomic E-state index is 14.9. The Morgan fingerprint density at radius 1 is 0.949 bits per heavy atom. The standard InChI is InChI=1S/C33H39FN2O3/c1-21-10-7-14-27(34)28(21)31(38)36-19-9-13-26(29(36)22-15-17-23(18-16-22)33(5,6)39)30(37)35-25-12-8-11-24(20-25)32(2,3)4/h7-8,10-12,14-18,20,26,29,39H,9,13,19H2,1-6H3,(H,35,37)/t26?,29-/m0/s1. The van der Waals surface area contributed by atoms with E-state index in [9.17, 15) is 19.1 Å². The molecule has 1 saturated heterocycles. The molecule has 2 amide bonds. The van der Waals surface area contributed by atoms with Gasteiger partial charge in [0.25, 0.3) is 5.91 Å². The molecule has 1 fully saturated rings. The Morgan fingerprint density at radius 2 is 1.62 bits per heavy atom. The molecule has 4 rings (SSSR count). The van der Waals surface area contributed by atoms with Gasteiger partial charge in [-0.05, 0) is 79.5 Å². The molecule has 0 radical (unpaired) electrons. The summed E-state index contributed by atoms with van der Waals surface area (Å²) in [4.78, 5) is 29.3. The van der Waals surface area contributed by atoms with Crippen LogP contribution < -0.4 is 5.32 Å². The smallest absolute Gasteiger partial charge is 0.257 e. The molecule has 206 valence electrons. The van der Waals surface area contributed by atoms with Crippen LogP contribution in [0.2, 0.25) is 0 Å². The van der Waals surface area contributed by atoms with E-state index in [0.29, 0.717) is 30.6 Å². The second kappa shape index (κ2) is 10.9. The Hall–Kier alpha value is -3.51. The van der Waals surface area contributed by atoms with Crippen molar-refractivity contribution in [2.24, 2.45) is 5.92 Å². The minimum Gasteiger partial charge on any atom is -0.386 e. The van der Waals surface area contributed by atoms with Gasteiger partial charge in [0, 0.05) is 12.2 Å². The molecule has 0 aromatic heterocycles. The second-order valence-corrected chi connectivity index (χ2v) is 12.1. The van der Waals surface area contributed by atoms with E-state index in [1.165, 1.54) is 6.07 Å². The molecule has 0 bridgehead atoms. The van der Waals surface area contributed by atoms with E-state index in [1.807, 2.05) is 48.5 Å². The van der Waals surface area contributed by atoms with Crippen LogP contribution in [0.5, 0.6) is 0 Å². The molecule has 0 spiro atoms. The monoisotopic (exact) mass is 530 g/mol. The highest BCUT2D eigenvalue weighted by atomic mass is 19.1. The van der Waals surface area contributed by atoms with Gasteiger partial charge < -0.3 is 15.3 Å². The fraction of sp³-hybridized carbons (Fsp3) is 0.394. The number of nitrogens with zero attached hydrogens (tertiary/aromatic N) is 1. The minimum atomic E-state index is -1.03. The third-order valence-corrected chi connectivity index (χ3v) is 7.62. The first-order valence-electron chi connectivity index (χ1n) is 13.6. The quantitative estimate of drug-likeness (QED) is 0.377. The number of likely N-dealkylation sites (tertiary alicyclic amines) is 1. The number of carbonyl (C=O) groups is 2. The summed E-state index contributed by atoms with van der Waals surface area (Å²) in [5, 5.41) is 13.5. The van der Waals surface area contributed by atoms with Crippen LogP contribution in [0, 0.1) is 18.7 Å². The second-order valence-electron chi connectivity index (χ2n) is 12.1. The molecule has 3 aromatic carbocycles. The van der Waals surface area contributed by atoms with Crippen LogP contribution >= 0.6 is 0 Å². The number of halogens is 1. The molecule has 2 N–H and O–H groups in total. The summed E-state index contributed by atoms with van der Waals surface area (Å²) in [6, 6.07) is 19.2. The van der Waals surface area contributed by atoms with Gasteiger partial charge in [0.1, 0.15) is 5.82 Å². The van der Waals surface area contributed by atoms with Crippen molar-refractivity contribution in [3.63, 3.8) is 0 Å². The molecule has 2 atom stereocenters. The van der Waals surface area contributed by atoms with Gasteiger partial charge in [0.2, 0.25) is 5.91 Å². The highest BCUT2D eigenvalue weighted by molar-refractivity contribution is 5.98. The maximum atomic E-state index is 14.9. The van der Waals surface area contributed by atoms with Crippen LogP contribution in [0.25, 0.3) is 0 Å². The van der Waals surface area contributed by atoms with Crippen LogP contribution in [0.1, 0.15) is 86.1 Å². The lowest BCUT2D eigenvalue weighted by Gasteiger charge is -2.41. The number of aryl methyl sites for hydroxylation is 1. The predicted octanol–water partition coefficient (Wildman–Crippen LogP) is 6.89. The summed E-state index contributed by atoms with van der Waals surface area (Å²) in [5.41, 5.74) is 2.80. The fourth-order valence-electron chi connectivity index (χ4n) is 5.34. The summed E-state index contributed by atoms with van der Waals surface area (Å²) in [6.07, 6.45) is 1.21. The molecule has 1 heterocycles. The van der Waals surface area contributed by atoms with Crippen LogP contribution in [0.15, 0.2) is 66.7 Å². The zero-order valence-electron chi connectivity index (χ0n) is 23.7. The van der Waals surface area contributed by atoms with Crippen molar-refractivity contribution in [1.82, 2.24) is 4.90 Å². The number of hydrogen-bond donors (Lipinski definition) is 2. The Bertz CT molecular complexity index is 1330. The molecule has 1 aliphatic rings. The van der Waals surface area contributed by atoms with E-state index in [1.54, 1.807) is 37.8 Å². The first-order chi connectivity index (χ1) is 18.3. The summed E-state index contributed by atoms with van der Waals surface area (Å²) in [5.74, 6) is -1.71. The van der Waals surface area contributed by atoms with Gasteiger partial charge in [-0.2, -0.15) is 0 Å². The Labute approximate surface area is 231 Å². The predicted molar refractivity (Wildman–Crippen MR) is 153 cm³/mol. The normalized spacial score (nSPS) is 18.1. The minimum absolute atomic E-state index is 0.0366. The van der Waals surface area contributed by atoms with Crippen LogP contribution in [0.4, 0.5) is 10.1 Å². The number of carbonyl (C=O) groups excluding carboxylic acids is 2. The fourth-order valence-corrected chi connectivity index (χ4v) is 5.34. The number of piperidine rings is 1. The van der Waals surface area contributed by atoms with E-state index in [4.69, 9.17) is 0 Å². The number of nitrogens with one attached hydrogen (secondary N) is 1. The van der Waals surface area contributed by atoms with E-state index < -0.39 is 29.3 Å². The van der Waals surface area contributed by atoms with Gasteiger partial charge in [-0.25, -0.2) is 4.39 Å². The average molecular weight is 531 g/mol. The van der Waals surface area contributed by atoms with Gasteiger partial charge in [0.05, 0.1) is 23.1 Å². The number of rotatable bonds is 5. The Kier molecular flexibility index (Phi) is 7.99. The van der Waals surface area contributed by atoms with Gasteiger partial charge in [-0.1, -0.05) is 69.3 Å². The van der Waals surface area contributed by atoms with E-state index in [-0.39, 0.29) is 16.9 Å². The Balaban J connectivity index is 1.73. The number of amides is 2. The maximum Gasteiger partial charge on any atom is 0.257 e. The molecule has 5 nitrogen and oxygen atoms in total. The van der Waals surface area contributed by atoms with Crippen molar-refractivity contribution in [3.05, 3.63) is 100 Å². The largest absolute Gasteiger partial charge is 0.386 e. The molecule has 1 aliphatic heterocycles. The van der Waals surface area contributed by atoms with Crippen LogP contribution in [-0.2, 0) is 15.8 Å². The first-order valence-corrected chi connectivity index (χ1v) is 13.6. The highest BCUT2D eigenvalue weighted by Gasteiger charge is 2.40. The van der Waals surface area contributed by atoms with E-state index in [0.717, 1.165) is 16.7 Å². The van der Waals surface area contributed by atoms with Gasteiger partial charge in [-0.15, -0.1) is 0 Å². The van der Waals surface area contributed by atoms with E-state index in [2.05, 4.69) is 26.1 Å². The van der Waals surface area contributed by atoms with Gasteiger partial charge in [0.15, 0.2) is 0 Å². The molecule has 0 aliphatic carbocycles. The van der Waals surface area contributed by atoms with Crippen molar-refractivity contribution < 1.29 is 19.1 Å². The molecule has 1 unspecified atom stereocenters. The van der Waals surface area contributed by atoms with Gasteiger partial charge in [-0.3, -0.25) is 9.59 Å². The zero-order chi connectivity index (χ0) is 28.5. The van der Waals surface area contributed by atoms with Crippen LogP contribution in [0.3, 0.4) is 0 Å². The van der Waals surface area contributed by atoms with Crippen molar-refractivity contribution in [2.45, 2.75) is 71.4 Å². The Morgan fingerprint density at radius 3 is 2.23 bits per heavy atom. The van der Waals surface area contributed by atoms with Crippen molar-refractivity contribution >= 4 is 17.5 Å². The topological polar surface area (TPSA) is 69.6 Å². The lowest BCUT2D eigenvalue weighted by Crippen LogP contribution is -2.46. The third kappa shape index (κ3) is 6.22. The lowest BCUT2D eigenvalue weighted by atomic mass is 9.82. The number of benzene rings is 3. The molecule has 0 saturated carbocycles. The van der Waals surface area contributed by atoms with Crippen molar-refractivity contribution in [2.75, 3.05) is 11.9 Å². The molecular weight excluding hydrogens is 491 g/mol. The highest BCUT2D eigenvalue weighted by Crippen LogP contribution is 2.39. The molecule has 3 aromatic rings. The number of anilines is 1. The zero-order valence-corrected chi connectivity index (χ0v) is 23.7. The average Bonchev–Trinajstić information content (AvgIpc) is 2.87. The van der Waals surface area contributed by atoms with E-state index >= 15 is 0 Å². The first kappa shape index (κ1) is 28.5. The number of aliphatic hydroxyl groups is 1. The summed E-state index contributed by atoms with van der Waals surface area (Å²) >= 11 is 0. The molecular formula is C33H39FN2O3. The van der Waals surface area contributed by atoms with Crippen molar-refractivity contribution in [1.29, 1.82) is 0 Å². The third-order valence-electron chi connectivity index (χ3n) is 7.62. The van der Waals surface area contributed by atoms with Crippen molar-refractivity contribution in [3.8, 4) is 0 Å². The number of hydrogen-bond acceptors (Lipinski definition) is 3. The summed E-state index contributed by atoms with van der Waals surface area (Å²) in [7, 11) is 0. The SMILES string of the molecule is Cc1cccc(F)c1C(=O)N1CCCC(C(=O)Nc2cccc(C(C)(C)C)c2)[C@@H]1c1ccc(C(C)(C)O)cc1. The molecule has 6 heteroatoms. The van der Waals surface area contributed by atoms with Gasteiger partial charge >= 0.3 is 0 Å². The molecule has 39 heavy (non-hydrogen) atoms. The lowest BCUT2D eigenvalue weighted by molar-refractivity contribution is -0.123. The summed E-state index contributed by atoms with van der Waals surface area (Å²) < 4.78 is 14.9.